The Kier molecular flexibility index (Phi) is 5.70. The molecule has 0 saturated carbocycles. The third-order valence-corrected chi connectivity index (χ3v) is 4.99. The number of phenolic OH excluding ortho intramolecular Hbond substituents is 1. The second-order valence-corrected chi connectivity index (χ2v) is 7.58. The molecule has 1 amide bonds. The number of thioether (sulfide) groups is 1. The number of benzene rings is 1. The number of carbonyl (C=O) groups is 1. The predicted molar refractivity (Wildman–Crippen MR) is 98.7 cm³/mol. The van der Waals surface area contributed by atoms with Crippen LogP contribution in [-0.4, -0.2) is 33.9 Å². The highest BCUT2D eigenvalue weighted by molar-refractivity contribution is 8.26. The lowest BCUT2D eigenvalue weighted by Crippen LogP contribution is -2.29. The molecule has 2 rings (SSSR count). The Morgan fingerprint density at radius 2 is 2.13 bits per heavy atom. The Balaban J connectivity index is 2.25. The summed E-state index contributed by atoms with van der Waals surface area (Å²) in [6.45, 7) is 6.69. The van der Waals surface area contributed by atoms with E-state index in [0.29, 0.717) is 33.0 Å². The maximum absolute atomic E-state index is 12.5. The minimum Gasteiger partial charge on any atom is -0.504 e. The van der Waals surface area contributed by atoms with E-state index in [4.69, 9.17) is 17.0 Å². The van der Waals surface area contributed by atoms with Crippen LogP contribution >= 0.6 is 24.0 Å². The SMILES string of the molecule is COc1cc(/C=C2\SC(=S)N(CCC(C)C)C2=O)cc(C)c1O. The van der Waals surface area contributed by atoms with Gasteiger partial charge in [-0.05, 0) is 48.6 Å². The van der Waals surface area contributed by atoms with Crippen molar-refractivity contribution >= 4 is 40.3 Å². The van der Waals surface area contributed by atoms with Gasteiger partial charge < -0.3 is 9.84 Å². The Labute approximate surface area is 146 Å². The van der Waals surface area contributed by atoms with Crippen molar-refractivity contribution in [2.75, 3.05) is 13.7 Å². The van der Waals surface area contributed by atoms with Gasteiger partial charge in [0, 0.05) is 6.54 Å². The van der Waals surface area contributed by atoms with Gasteiger partial charge in [0.2, 0.25) is 0 Å². The molecule has 1 aliphatic rings. The monoisotopic (exact) mass is 351 g/mol. The van der Waals surface area contributed by atoms with Crippen LogP contribution in [0.2, 0.25) is 0 Å². The molecule has 0 bridgehead atoms. The van der Waals surface area contributed by atoms with Crippen LogP contribution in [0, 0.1) is 12.8 Å². The minimum absolute atomic E-state index is 0.0506. The van der Waals surface area contributed by atoms with Crippen LogP contribution in [0.25, 0.3) is 6.08 Å². The first-order chi connectivity index (χ1) is 10.8. The lowest BCUT2D eigenvalue weighted by molar-refractivity contribution is -0.122. The normalized spacial score (nSPS) is 16.7. The van der Waals surface area contributed by atoms with Crippen LogP contribution in [0.4, 0.5) is 0 Å². The first-order valence-corrected chi connectivity index (χ1v) is 8.69. The largest absolute Gasteiger partial charge is 0.504 e. The summed E-state index contributed by atoms with van der Waals surface area (Å²) in [5, 5.41) is 9.89. The van der Waals surface area contributed by atoms with E-state index < -0.39 is 0 Å². The smallest absolute Gasteiger partial charge is 0.266 e. The van der Waals surface area contributed by atoms with Crippen molar-refractivity contribution in [2.45, 2.75) is 27.2 Å². The molecular weight excluding hydrogens is 330 g/mol. The summed E-state index contributed by atoms with van der Waals surface area (Å²) in [7, 11) is 1.50. The van der Waals surface area contributed by atoms with E-state index in [1.807, 2.05) is 6.07 Å². The number of aromatic hydroxyl groups is 1. The Morgan fingerprint density at radius 3 is 2.74 bits per heavy atom. The van der Waals surface area contributed by atoms with Crippen LogP contribution in [-0.2, 0) is 4.79 Å². The van der Waals surface area contributed by atoms with E-state index in [9.17, 15) is 9.90 Å². The van der Waals surface area contributed by atoms with Gasteiger partial charge in [-0.25, -0.2) is 0 Å². The Morgan fingerprint density at radius 1 is 1.43 bits per heavy atom. The predicted octanol–water partition coefficient (Wildman–Crippen LogP) is 3.96. The molecule has 1 aliphatic heterocycles. The molecule has 1 fully saturated rings. The molecule has 0 radical (unpaired) electrons. The van der Waals surface area contributed by atoms with Crippen LogP contribution in [0.15, 0.2) is 17.0 Å². The number of amides is 1. The van der Waals surface area contributed by atoms with Crippen molar-refractivity contribution in [2.24, 2.45) is 5.92 Å². The summed E-state index contributed by atoms with van der Waals surface area (Å²) in [4.78, 5) is 14.8. The third kappa shape index (κ3) is 4.06. The molecular formula is C17H21NO3S2. The molecule has 0 aromatic heterocycles. The van der Waals surface area contributed by atoms with E-state index >= 15 is 0 Å². The Bertz CT molecular complexity index is 668. The van der Waals surface area contributed by atoms with E-state index in [1.165, 1.54) is 18.9 Å². The van der Waals surface area contributed by atoms with Gasteiger partial charge in [-0.2, -0.15) is 0 Å². The number of ether oxygens (including phenoxy) is 1. The molecule has 1 heterocycles. The minimum atomic E-state index is -0.0506. The van der Waals surface area contributed by atoms with Crippen molar-refractivity contribution in [1.29, 1.82) is 0 Å². The van der Waals surface area contributed by atoms with Crippen LogP contribution in [0.3, 0.4) is 0 Å². The number of thiocarbonyl (C=S) groups is 1. The highest BCUT2D eigenvalue weighted by Gasteiger charge is 2.31. The first-order valence-electron chi connectivity index (χ1n) is 7.46. The zero-order valence-electron chi connectivity index (χ0n) is 13.8. The number of carbonyl (C=O) groups excluding carboxylic acids is 1. The fourth-order valence-electron chi connectivity index (χ4n) is 2.24. The molecule has 0 unspecified atom stereocenters. The van der Waals surface area contributed by atoms with Gasteiger partial charge in [0.25, 0.3) is 5.91 Å². The lowest BCUT2D eigenvalue weighted by Gasteiger charge is -2.15. The fourth-order valence-corrected chi connectivity index (χ4v) is 3.55. The van der Waals surface area contributed by atoms with Crippen molar-refractivity contribution in [3.05, 3.63) is 28.2 Å². The highest BCUT2D eigenvalue weighted by atomic mass is 32.2. The number of methoxy groups -OCH3 is 1. The summed E-state index contributed by atoms with van der Waals surface area (Å²) < 4.78 is 5.76. The number of aryl methyl sites for hydroxylation is 1. The molecule has 0 aliphatic carbocycles. The van der Waals surface area contributed by atoms with Gasteiger partial charge >= 0.3 is 0 Å². The number of hydrogen-bond acceptors (Lipinski definition) is 5. The van der Waals surface area contributed by atoms with E-state index in [0.717, 1.165) is 12.0 Å². The average molecular weight is 351 g/mol. The molecule has 1 aromatic carbocycles. The third-order valence-electron chi connectivity index (χ3n) is 3.61. The molecule has 1 aromatic rings. The number of hydrogen-bond donors (Lipinski definition) is 1. The van der Waals surface area contributed by atoms with Crippen molar-refractivity contribution in [3.63, 3.8) is 0 Å². The summed E-state index contributed by atoms with van der Waals surface area (Å²) >= 11 is 6.64. The van der Waals surface area contributed by atoms with Crippen molar-refractivity contribution in [3.8, 4) is 11.5 Å². The molecule has 4 nitrogen and oxygen atoms in total. The molecule has 0 spiro atoms. The van der Waals surface area contributed by atoms with Crippen molar-refractivity contribution < 1.29 is 14.6 Å². The van der Waals surface area contributed by atoms with Crippen molar-refractivity contribution in [1.82, 2.24) is 4.90 Å². The van der Waals surface area contributed by atoms with E-state index in [-0.39, 0.29) is 11.7 Å². The molecule has 6 heteroatoms. The average Bonchev–Trinajstić information content (AvgIpc) is 2.74. The van der Waals surface area contributed by atoms with Gasteiger partial charge in [0.1, 0.15) is 4.32 Å². The summed E-state index contributed by atoms with van der Waals surface area (Å²) in [5.74, 6) is 0.985. The zero-order chi connectivity index (χ0) is 17.1. The molecule has 23 heavy (non-hydrogen) atoms. The maximum atomic E-state index is 12.5. The topological polar surface area (TPSA) is 49.8 Å². The molecule has 0 atom stereocenters. The van der Waals surface area contributed by atoms with Gasteiger partial charge in [-0.3, -0.25) is 9.69 Å². The van der Waals surface area contributed by atoms with Gasteiger partial charge in [-0.1, -0.05) is 37.8 Å². The fraction of sp³-hybridized carbons (Fsp3) is 0.412. The second kappa shape index (κ2) is 7.36. The number of nitrogens with zero attached hydrogens (tertiary/aromatic N) is 1. The van der Waals surface area contributed by atoms with E-state index in [2.05, 4.69) is 13.8 Å². The van der Waals surface area contributed by atoms with Crippen LogP contribution < -0.4 is 4.74 Å². The molecule has 124 valence electrons. The summed E-state index contributed by atoms with van der Waals surface area (Å²) in [6.07, 6.45) is 2.72. The number of phenols is 1. The van der Waals surface area contributed by atoms with Gasteiger partial charge in [0.15, 0.2) is 11.5 Å². The van der Waals surface area contributed by atoms with Gasteiger partial charge in [0.05, 0.1) is 12.0 Å². The molecule has 1 N–H and O–H groups in total. The van der Waals surface area contributed by atoms with Crippen LogP contribution in [0.5, 0.6) is 11.5 Å². The quantitative estimate of drug-likeness (QED) is 0.643. The van der Waals surface area contributed by atoms with Gasteiger partial charge in [-0.15, -0.1) is 0 Å². The highest BCUT2D eigenvalue weighted by Crippen LogP contribution is 2.36. The number of rotatable bonds is 5. The van der Waals surface area contributed by atoms with E-state index in [1.54, 1.807) is 24.0 Å². The maximum Gasteiger partial charge on any atom is 0.266 e. The summed E-state index contributed by atoms with van der Waals surface area (Å²) in [6, 6.07) is 3.53. The van der Waals surface area contributed by atoms with Crippen LogP contribution in [0.1, 0.15) is 31.4 Å². The molecule has 1 saturated heterocycles. The standard InChI is InChI=1S/C17H21NO3S2/c1-10(2)5-6-18-16(20)14(23-17(18)22)9-12-7-11(3)15(19)13(8-12)21-4/h7-10,19H,5-6H2,1-4H3/b14-9-. The zero-order valence-corrected chi connectivity index (χ0v) is 15.4. The summed E-state index contributed by atoms with van der Waals surface area (Å²) in [5.41, 5.74) is 1.51. The first kappa shape index (κ1) is 17.8. The second-order valence-electron chi connectivity index (χ2n) is 5.90. The Hall–Kier alpha value is -1.53. The lowest BCUT2D eigenvalue weighted by atomic mass is 10.1.